The van der Waals surface area contributed by atoms with Crippen molar-refractivity contribution >= 4 is 41.8 Å². The molecular formula is C15H18BBrF2O2S. The van der Waals surface area contributed by atoms with Crippen molar-refractivity contribution in [3.63, 3.8) is 0 Å². The van der Waals surface area contributed by atoms with Crippen molar-refractivity contribution in [1.82, 2.24) is 0 Å². The summed E-state index contributed by atoms with van der Waals surface area (Å²) in [6.45, 7) is 7.79. The third kappa shape index (κ3) is 3.42. The zero-order valence-corrected chi connectivity index (χ0v) is 15.4. The molecule has 120 valence electrons. The highest BCUT2D eigenvalue weighted by molar-refractivity contribution is 9.10. The van der Waals surface area contributed by atoms with Crippen molar-refractivity contribution in [2.24, 2.45) is 0 Å². The minimum Gasteiger partial charge on any atom is -0.400 e. The fourth-order valence-corrected chi connectivity index (χ4v) is 2.52. The van der Waals surface area contributed by atoms with Gasteiger partial charge in [-0.15, -0.1) is 0 Å². The summed E-state index contributed by atoms with van der Waals surface area (Å²) in [4.78, 5) is 0. The van der Waals surface area contributed by atoms with Gasteiger partial charge in [-0.05, 0) is 66.8 Å². The van der Waals surface area contributed by atoms with Crippen molar-refractivity contribution in [3.05, 3.63) is 39.3 Å². The summed E-state index contributed by atoms with van der Waals surface area (Å²) in [6, 6.07) is 2.50. The second-order valence-electron chi connectivity index (χ2n) is 6.26. The van der Waals surface area contributed by atoms with Gasteiger partial charge < -0.3 is 9.31 Å². The van der Waals surface area contributed by atoms with E-state index in [1.807, 2.05) is 27.7 Å². The summed E-state index contributed by atoms with van der Waals surface area (Å²) in [5.74, 6) is -0.951. The Kier molecular flexibility index (Phi) is 5.12. The third-order valence-corrected chi connectivity index (χ3v) is 5.22. The second kappa shape index (κ2) is 6.26. The normalized spacial score (nSPS) is 20.5. The average Bonchev–Trinajstić information content (AvgIpc) is 2.61. The molecule has 1 saturated heterocycles. The maximum atomic E-state index is 13.6. The van der Waals surface area contributed by atoms with Crippen LogP contribution in [0.15, 0.2) is 22.1 Å². The molecule has 2 nitrogen and oxygen atoms in total. The van der Waals surface area contributed by atoms with E-state index in [2.05, 4.69) is 28.6 Å². The standard InChI is InChI=1S/C15H18BBrF2O2S/c1-14(2)15(3,4)21-16(20-14)10(8-22)5-9-6-11(18)13(17)12(19)7-9/h5-7,22H,8H2,1-4H3. The van der Waals surface area contributed by atoms with Crippen molar-refractivity contribution in [2.45, 2.75) is 38.9 Å². The van der Waals surface area contributed by atoms with Crippen molar-refractivity contribution in [3.8, 4) is 0 Å². The van der Waals surface area contributed by atoms with Gasteiger partial charge in [0.25, 0.3) is 0 Å². The Hall–Kier alpha value is -0.365. The molecule has 1 aromatic carbocycles. The van der Waals surface area contributed by atoms with Crippen LogP contribution in [0.25, 0.3) is 6.08 Å². The lowest BCUT2D eigenvalue weighted by atomic mass is 9.78. The van der Waals surface area contributed by atoms with E-state index in [4.69, 9.17) is 9.31 Å². The molecule has 0 aromatic heterocycles. The molecule has 0 spiro atoms. The fraction of sp³-hybridized carbons (Fsp3) is 0.467. The molecular weight excluding hydrogens is 373 g/mol. The zero-order valence-electron chi connectivity index (χ0n) is 12.9. The number of hydrogen-bond donors (Lipinski definition) is 1. The van der Waals surface area contributed by atoms with Gasteiger partial charge in [-0.3, -0.25) is 0 Å². The number of hydrogen-bond acceptors (Lipinski definition) is 3. The van der Waals surface area contributed by atoms with E-state index in [-0.39, 0.29) is 4.47 Å². The summed E-state index contributed by atoms with van der Waals surface area (Å²) in [5.41, 5.74) is 0.159. The van der Waals surface area contributed by atoms with Crippen LogP contribution in [-0.2, 0) is 9.31 Å². The van der Waals surface area contributed by atoms with Gasteiger partial charge in [0.05, 0.1) is 15.7 Å². The monoisotopic (exact) mass is 390 g/mol. The molecule has 1 heterocycles. The molecule has 0 saturated carbocycles. The molecule has 1 aliphatic rings. The molecule has 0 N–H and O–H groups in total. The van der Waals surface area contributed by atoms with Gasteiger partial charge in [-0.25, -0.2) is 8.78 Å². The number of rotatable bonds is 3. The van der Waals surface area contributed by atoms with E-state index < -0.39 is 30.0 Å². The lowest BCUT2D eigenvalue weighted by Crippen LogP contribution is -2.41. The zero-order chi connectivity index (χ0) is 16.7. The first-order chi connectivity index (χ1) is 10.1. The molecule has 1 aromatic rings. The average molecular weight is 391 g/mol. The molecule has 0 radical (unpaired) electrons. The topological polar surface area (TPSA) is 18.5 Å². The van der Waals surface area contributed by atoms with Crippen LogP contribution >= 0.6 is 28.6 Å². The van der Waals surface area contributed by atoms with Crippen LogP contribution in [0.4, 0.5) is 8.78 Å². The Morgan fingerprint density at radius 2 is 1.64 bits per heavy atom. The van der Waals surface area contributed by atoms with E-state index in [1.165, 1.54) is 12.1 Å². The predicted octanol–water partition coefficient (Wildman–Crippen LogP) is 4.67. The van der Waals surface area contributed by atoms with Gasteiger partial charge in [0, 0.05) is 5.75 Å². The largest absolute Gasteiger partial charge is 0.491 e. The minimum absolute atomic E-state index is 0.173. The SMILES string of the molecule is CC1(C)OB(C(=Cc2cc(F)c(Br)c(F)c2)CS)OC1(C)C. The maximum Gasteiger partial charge on any atom is 0.491 e. The fourth-order valence-electron chi connectivity index (χ4n) is 2.06. The van der Waals surface area contributed by atoms with Crippen LogP contribution in [0.5, 0.6) is 0 Å². The first kappa shape index (κ1) is 18.0. The number of benzene rings is 1. The van der Waals surface area contributed by atoms with E-state index in [0.29, 0.717) is 16.8 Å². The molecule has 22 heavy (non-hydrogen) atoms. The molecule has 0 bridgehead atoms. The van der Waals surface area contributed by atoms with E-state index in [0.717, 1.165) is 0 Å². The first-order valence-electron chi connectivity index (χ1n) is 6.89. The van der Waals surface area contributed by atoms with Gasteiger partial charge in [0.15, 0.2) is 0 Å². The Morgan fingerprint density at radius 3 is 2.05 bits per heavy atom. The highest BCUT2D eigenvalue weighted by Gasteiger charge is 2.52. The second-order valence-corrected chi connectivity index (χ2v) is 7.37. The van der Waals surface area contributed by atoms with Crippen LogP contribution in [-0.4, -0.2) is 24.1 Å². The number of halogens is 3. The van der Waals surface area contributed by atoms with Gasteiger partial charge in [-0.1, -0.05) is 6.08 Å². The van der Waals surface area contributed by atoms with Crippen LogP contribution in [0.1, 0.15) is 33.3 Å². The molecule has 0 amide bonds. The summed E-state index contributed by atoms with van der Waals surface area (Å²) >= 11 is 7.14. The van der Waals surface area contributed by atoms with Crippen LogP contribution in [0, 0.1) is 11.6 Å². The molecule has 0 atom stereocenters. The highest BCUT2D eigenvalue weighted by Crippen LogP contribution is 2.39. The summed E-state index contributed by atoms with van der Waals surface area (Å²) < 4.78 is 38.9. The van der Waals surface area contributed by atoms with Gasteiger partial charge in [0.1, 0.15) is 11.6 Å². The van der Waals surface area contributed by atoms with Crippen molar-refractivity contribution in [2.75, 3.05) is 5.75 Å². The summed E-state index contributed by atoms with van der Waals surface area (Å²) in [7, 11) is -0.586. The molecule has 0 aliphatic carbocycles. The van der Waals surface area contributed by atoms with E-state index in [9.17, 15) is 8.78 Å². The van der Waals surface area contributed by atoms with Crippen LogP contribution in [0.3, 0.4) is 0 Å². The van der Waals surface area contributed by atoms with E-state index in [1.54, 1.807) is 6.08 Å². The summed E-state index contributed by atoms with van der Waals surface area (Å²) in [5, 5.41) is 0. The minimum atomic E-state index is -0.654. The quantitative estimate of drug-likeness (QED) is 0.459. The smallest absolute Gasteiger partial charge is 0.400 e. The first-order valence-corrected chi connectivity index (χ1v) is 8.31. The van der Waals surface area contributed by atoms with Crippen molar-refractivity contribution in [1.29, 1.82) is 0 Å². The van der Waals surface area contributed by atoms with Gasteiger partial charge >= 0.3 is 7.12 Å². The third-order valence-electron chi connectivity index (χ3n) is 4.10. The Bertz CT molecular complexity index is 581. The molecule has 1 aliphatic heterocycles. The number of thiol groups is 1. The lowest BCUT2D eigenvalue weighted by molar-refractivity contribution is 0.00578. The van der Waals surface area contributed by atoms with Crippen molar-refractivity contribution < 1.29 is 18.1 Å². The summed E-state index contributed by atoms with van der Waals surface area (Å²) in [6.07, 6.45) is 1.65. The Labute approximate surface area is 143 Å². The maximum absolute atomic E-state index is 13.6. The molecule has 7 heteroatoms. The van der Waals surface area contributed by atoms with Gasteiger partial charge in [0.2, 0.25) is 0 Å². The predicted molar refractivity (Wildman–Crippen MR) is 92.0 cm³/mol. The highest BCUT2D eigenvalue weighted by atomic mass is 79.9. The van der Waals surface area contributed by atoms with Crippen LogP contribution in [0.2, 0.25) is 0 Å². The Balaban J connectivity index is 2.34. The molecule has 0 unspecified atom stereocenters. The molecule has 2 rings (SSSR count). The van der Waals surface area contributed by atoms with E-state index >= 15 is 0 Å². The molecule has 1 fully saturated rings. The lowest BCUT2D eigenvalue weighted by Gasteiger charge is -2.32. The van der Waals surface area contributed by atoms with Crippen LogP contribution < -0.4 is 0 Å². The Morgan fingerprint density at radius 1 is 1.18 bits per heavy atom. The van der Waals surface area contributed by atoms with Gasteiger partial charge in [-0.2, -0.15) is 12.6 Å².